The number of carbonyl (C=O) groups excluding carboxylic acids is 2. The molecule has 5 nitrogen and oxygen atoms in total. The molecule has 2 amide bonds. The number of hydrogen-bond donors (Lipinski definition) is 1. The molecule has 1 fully saturated rings. The van der Waals surface area contributed by atoms with Crippen molar-refractivity contribution in [1.82, 2.24) is 15.2 Å². The molecule has 2 heterocycles. The summed E-state index contributed by atoms with van der Waals surface area (Å²) >= 11 is 0. The molecule has 0 bridgehead atoms. The van der Waals surface area contributed by atoms with Gasteiger partial charge in [0, 0.05) is 18.1 Å². The predicted molar refractivity (Wildman–Crippen MR) is 79.4 cm³/mol. The molecule has 1 aromatic heterocycles. The van der Waals surface area contributed by atoms with E-state index in [2.05, 4.69) is 10.3 Å². The van der Waals surface area contributed by atoms with Crippen LogP contribution >= 0.6 is 0 Å². The van der Waals surface area contributed by atoms with E-state index in [0.717, 1.165) is 16.5 Å². The van der Waals surface area contributed by atoms with Gasteiger partial charge in [-0.3, -0.25) is 14.6 Å². The summed E-state index contributed by atoms with van der Waals surface area (Å²) in [7, 11) is 0. The highest BCUT2D eigenvalue weighted by Gasteiger charge is 2.33. The monoisotopic (exact) mass is 283 g/mol. The predicted octanol–water partition coefficient (Wildman–Crippen LogP) is 1.47. The first-order chi connectivity index (χ1) is 10.2. The van der Waals surface area contributed by atoms with E-state index >= 15 is 0 Å². The van der Waals surface area contributed by atoms with Crippen LogP contribution in [0.3, 0.4) is 0 Å². The van der Waals surface area contributed by atoms with Gasteiger partial charge in [-0.05, 0) is 18.1 Å². The number of piperazine rings is 1. The Morgan fingerprint density at radius 3 is 2.90 bits per heavy atom. The maximum absolute atomic E-state index is 12.1. The van der Waals surface area contributed by atoms with Gasteiger partial charge in [0.1, 0.15) is 6.04 Å². The topological polar surface area (TPSA) is 62.3 Å². The van der Waals surface area contributed by atoms with Crippen LogP contribution in [-0.4, -0.2) is 34.3 Å². The Morgan fingerprint density at radius 2 is 2.10 bits per heavy atom. The molecule has 2 aromatic rings. The van der Waals surface area contributed by atoms with Gasteiger partial charge < -0.3 is 10.2 Å². The highest BCUT2D eigenvalue weighted by atomic mass is 16.2. The summed E-state index contributed by atoms with van der Waals surface area (Å²) in [5.41, 5.74) is 1.85. The van der Waals surface area contributed by atoms with Crippen molar-refractivity contribution in [3.63, 3.8) is 0 Å². The second-order valence-corrected chi connectivity index (χ2v) is 5.16. The number of nitrogens with one attached hydrogen (secondary N) is 1. The van der Waals surface area contributed by atoms with Crippen molar-refractivity contribution in [2.24, 2.45) is 0 Å². The number of aromatic nitrogens is 1. The lowest BCUT2D eigenvalue weighted by Gasteiger charge is -2.34. The fraction of sp³-hybridized carbons (Fsp3) is 0.312. The second-order valence-electron chi connectivity index (χ2n) is 5.16. The van der Waals surface area contributed by atoms with E-state index in [0.29, 0.717) is 13.0 Å². The number of nitrogens with zero attached hydrogens (tertiary/aromatic N) is 2. The first-order valence-electron chi connectivity index (χ1n) is 7.10. The third-order valence-electron chi connectivity index (χ3n) is 3.86. The fourth-order valence-electron chi connectivity index (χ4n) is 2.78. The third-order valence-corrected chi connectivity index (χ3v) is 3.86. The van der Waals surface area contributed by atoms with Gasteiger partial charge in [-0.15, -0.1) is 0 Å². The molecule has 1 aliphatic heterocycles. The van der Waals surface area contributed by atoms with E-state index < -0.39 is 6.04 Å². The van der Waals surface area contributed by atoms with Crippen LogP contribution in [-0.2, 0) is 16.1 Å². The van der Waals surface area contributed by atoms with E-state index in [1.807, 2.05) is 37.3 Å². The van der Waals surface area contributed by atoms with Gasteiger partial charge in [-0.1, -0.05) is 31.2 Å². The molecule has 3 rings (SSSR count). The molecule has 0 aliphatic carbocycles. The molecule has 5 heteroatoms. The van der Waals surface area contributed by atoms with Gasteiger partial charge in [0.2, 0.25) is 11.8 Å². The molecule has 108 valence electrons. The number of benzene rings is 1. The van der Waals surface area contributed by atoms with Gasteiger partial charge in [0.15, 0.2) is 0 Å². The quantitative estimate of drug-likeness (QED) is 0.928. The normalized spacial score (nSPS) is 18.9. The Kier molecular flexibility index (Phi) is 3.56. The molecular weight excluding hydrogens is 266 g/mol. The fourth-order valence-corrected chi connectivity index (χ4v) is 2.78. The number of rotatable bonds is 3. The summed E-state index contributed by atoms with van der Waals surface area (Å²) in [5, 5.41) is 3.68. The molecule has 0 spiro atoms. The van der Waals surface area contributed by atoms with Crippen LogP contribution in [0.25, 0.3) is 10.9 Å². The molecule has 1 atom stereocenters. The molecule has 1 unspecified atom stereocenters. The van der Waals surface area contributed by atoms with Crippen molar-refractivity contribution in [1.29, 1.82) is 0 Å². The van der Waals surface area contributed by atoms with E-state index in [1.165, 1.54) is 0 Å². The van der Waals surface area contributed by atoms with Crippen molar-refractivity contribution >= 4 is 22.7 Å². The average molecular weight is 283 g/mol. The van der Waals surface area contributed by atoms with Crippen molar-refractivity contribution in [2.75, 3.05) is 6.54 Å². The van der Waals surface area contributed by atoms with Crippen molar-refractivity contribution in [2.45, 2.75) is 25.9 Å². The van der Waals surface area contributed by atoms with Crippen LogP contribution < -0.4 is 5.32 Å². The minimum atomic E-state index is -0.398. The Morgan fingerprint density at radius 1 is 1.29 bits per heavy atom. The van der Waals surface area contributed by atoms with Gasteiger partial charge >= 0.3 is 0 Å². The minimum Gasteiger partial charge on any atom is -0.345 e. The molecule has 0 radical (unpaired) electrons. The van der Waals surface area contributed by atoms with Crippen LogP contribution in [0.4, 0.5) is 0 Å². The first kappa shape index (κ1) is 13.5. The zero-order valence-corrected chi connectivity index (χ0v) is 11.9. The maximum Gasteiger partial charge on any atom is 0.243 e. The smallest absolute Gasteiger partial charge is 0.243 e. The lowest BCUT2D eigenvalue weighted by molar-refractivity contribution is -0.146. The van der Waals surface area contributed by atoms with E-state index in [4.69, 9.17) is 0 Å². The lowest BCUT2D eigenvalue weighted by atomic mass is 10.1. The zero-order chi connectivity index (χ0) is 14.8. The van der Waals surface area contributed by atoms with Crippen molar-refractivity contribution < 1.29 is 9.59 Å². The number of fused-ring (bicyclic) bond motifs is 1. The van der Waals surface area contributed by atoms with Crippen molar-refractivity contribution in [3.8, 4) is 0 Å². The standard InChI is InChI=1S/C16H17N3O2/c1-2-13-16(21)18-9-14(20)19(13)10-12-6-3-5-11-7-4-8-17-15(11)12/h3-8,13H,2,9-10H2,1H3,(H,18,21). The highest BCUT2D eigenvalue weighted by molar-refractivity contribution is 5.95. The summed E-state index contributed by atoms with van der Waals surface area (Å²) in [4.78, 5) is 30.1. The lowest BCUT2D eigenvalue weighted by Crippen LogP contribution is -2.57. The van der Waals surface area contributed by atoms with Crippen molar-refractivity contribution in [3.05, 3.63) is 42.1 Å². The Hall–Kier alpha value is -2.43. The third kappa shape index (κ3) is 2.46. The van der Waals surface area contributed by atoms with Gasteiger partial charge in [-0.2, -0.15) is 0 Å². The summed E-state index contributed by atoms with van der Waals surface area (Å²) < 4.78 is 0. The molecule has 0 saturated carbocycles. The number of hydrogen-bond acceptors (Lipinski definition) is 3. The molecule has 1 N–H and O–H groups in total. The molecule has 21 heavy (non-hydrogen) atoms. The maximum atomic E-state index is 12.1. The first-order valence-corrected chi connectivity index (χ1v) is 7.10. The van der Waals surface area contributed by atoms with Crippen LogP contribution in [0.1, 0.15) is 18.9 Å². The van der Waals surface area contributed by atoms with Crippen LogP contribution in [0.5, 0.6) is 0 Å². The van der Waals surface area contributed by atoms with Gasteiger partial charge in [0.25, 0.3) is 0 Å². The highest BCUT2D eigenvalue weighted by Crippen LogP contribution is 2.20. The molecule has 1 aliphatic rings. The van der Waals surface area contributed by atoms with Gasteiger partial charge in [-0.25, -0.2) is 0 Å². The Balaban J connectivity index is 1.96. The zero-order valence-electron chi connectivity index (χ0n) is 11.9. The van der Waals surface area contributed by atoms with Crippen LogP contribution in [0.2, 0.25) is 0 Å². The van der Waals surface area contributed by atoms with E-state index in [-0.39, 0.29) is 18.4 Å². The number of carbonyl (C=O) groups is 2. The number of para-hydroxylation sites is 1. The Bertz CT molecular complexity index is 693. The van der Waals surface area contributed by atoms with Gasteiger partial charge in [0.05, 0.1) is 12.1 Å². The van der Waals surface area contributed by atoms with E-state index in [1.54, 1.807) is 11.1 Å². The number of pyridine rings is 1. The summed E-state index contributed by atoms with van der Waals surface area (Å²) in [6, 6.07) is 9.39. The largest absolute Gasteiger partial charge is 0.345 e. The summed E-state index contributed by atoms with van der Waals surface area (Å²) in [6.07, 6.45) is 2.35. The second kappa shape index (κ2) is 5.52. The van der Waals surface area contributed by atoms with Crippen LogP contribution in [0, 0.1) is 0 Å². The summed E-state index contributed by atoms with van der Waals surface area (Å²) in [6.45, 7) is 2.41. The average Bonchev–Trinajstić information content (AvgIpc) is 2.51. The van der Waals surface area contributed by atoms with Crippen LogP contribution in [0.15, 0.2) is 36.5 Å². The molecule has 1 saturated heterocycles. The minimum absolute atomic E-state index is 0.0469. The Labute approximate surface area is 123 Å². The molecule has 1 aromatic carbocycles. The summed E-state index contributed by atoms with van der Waals surface area (Å²) in [5.74, 6) is -0.125. The molecular formula is C16H17N3O2. The van der Waals surface area contributed by atoms with E-state index in [9.17, 15) is 9.59 Å². The SMILES string of the molecule is CCC1C(=O)NCC(=O)N1Cc1cccc2cccnc12. The number of amides is 2.